The van der Waals surface area contributed by atoms with Crippen molar-refractivity contribution in [3.8, 4) is 11.5 Å². The van der Waals surface area contributed by atoms with E-state index in [0.717, 1.165) is 6.92 Å². The van der Waals surface area contributed by atoms with Crippen LogP contribution in [-0.2, 0) is 20.8 Å². The van der Waals surface area contributed by atoms with Gasteiger partial charge in [-0.1, -0.05) is 13.8 Å². The number of phenols is 1. The van der Waals surface area contributed by atoms with Gasteiger partial charge in [-0.15, -0.1) is 0 Å². The number of Topliss-reactive ketones (excluding diaryl/α,β-unsaturated/α-hetero) is 3. The van der Waals surface area contributed by atoms with Crippen LogP contribution in [0, 0.1) is 23.7 Å². The number of ether oxygens (including phenoxy) is 1. The minimum Gasteiger partial charge on any atom is -0.508 e. The van der Waals surface area contributed by atoms with E-state index < -0.39 is 63.5 Å². The topological polar surface area (TPSA) is 158 Å². The summed E-state index contributed by atoms with van der Waals surface area (Å²) in [5.74, 6) is -7.38. The van der Waals surface area contributed by atoms with Gasteiger partial charge in [0.05, 0.1) is 18.2 Å². The van der Waals surface area contributed by atoms with Gasteiger partial charge in [0.15, 0.2) is 23.5 Å². The molecule has 4 atom stereocenters. The predicted molar refractivity (Wildman–Crippen MR) is 119 cm³/mol. The second-order valence-corrected chi connectivity index (χ2v) is 9.50. The Hall–Kier alpha value is -3.46. The molecule has 0 aliphatic heterocycles. The van der Waals surface area contributed by atoms with Crippen LogP contribution in [0.3, 0.4) is 0 Å². The Bertz CT molecular complexity index is 1220. The average Bonchev–Trinajstić information content (AvgIpc) is 2.76. The number of fused-ring (bicyclic) bond motifs is 3. The minimum absolute atomic E-state index is 0.0459. The van der Waals surface area contributed by atoms with E-state index in [4.69, 9.17) is 4.74 Å². The lowest BCUT2D eigenvalue weighted by Crippen LogP contribution is -2.61. The van der Waals surface area contributed by atoms with Crippen LogP contribution in [0.1, 0.15) is 48.7 Å². The third-order valence-corrected chi connectivity index (χ3v) is 7.41. The highest BCUT2D eigenvalue weighted by atomic mass is 16.5. The minimum atomic E-state index is -2.59. The second-order valence-electron chi connectivity index (χ2n) is 9.50. The zero-order chi connectivity index (χ0) is 25.3. The van der Waals surface area contributed by atoms with Gasteiger partial charge < -0.3 is 25.2 Å². The quantitative estimate of drug-likeness (QED) is 0.382. The van der Waals surface area contributed by atoms with Gasteiger partial charge in [0.1, 0.15) is 28.6 Å². The maximum Gasteiger partial charge on any atom is 0.202 e. The number of allylic oxidation sites excluding steroid dienone is 1. The molecule has 0 heterocycles. The zero-order valence-electron chi connectivity index (χ0n) is 19.2. The largest absolute Gasteiger partial charge is 0.508 e. The Morgan fingerprint density at radius 2 is 1.88 bits per heavy atom. The zero-order valence-corrected chi connectivity index (χ0v) is 19.2. The lowest BCUT2D eigenvalue weighted by molar-refractivity contribution is -0.155. The second kappa shape index (κ2) is 7.80. The van der Waals surface area contributed by atoms with Crippen molar-refractivity contribution in [2.24, 2.45) is 23.7 Å². The van der Waals surface area contributed by atoms with Crippen molar-refractivity contribution in [2.75, 3.05) is 7.11 Å². The molecule has 4 rings (SSSR count). The molecule has 34 heavy (non-hydrogen) atoms. The molecule has 0 saturated heterocycles. The van der Waals surface area contributed by atoms with E-state index in [-0.39, 0.29) is 41.2 Å². The summed E-state index contributed by atoms with van der Waals surface area (Å²) >= 11 is 0. The maximum absolute atomic E-state index is 13.7. The summed E-state index contributed by atoms with van der Waals surface area (Å²) in [7, 11) is 1.36. The summed E-state index contributed by atoms with van der Waals surface area (Å²) in [6.07, 6.45) is 0.540. The van der Waals surface area contributed by atoms with Crippen molar-refractivity contribution in [2.45, 2.75) is 39.2 Å². The van der Waals surface area contributed by atoms with E-state index in [0.29, 0.717) is 11.8 Å². The first kappa shape index (κ1) is 23.7. The van der Waals surface area contributed by atoms with Gasteiger partial charge in [0.2, 0.25) is 5.78 Å². The van der Waals surface area contributed by atoms with E-state index in [1.54, 1.807) is 13.8 Å². The van der Waals surface area contributed by atoms with E-state index in [9.17, 15) is 39.6 Å². The fraction of sp³-hybridized carbons (Fsp3) is 0.440. The Morgan fingerprint density at radius 3 is 2.41 bits per heavy atom. The molecule has 1 aromatic rings. The Kier molecular flexibility index (Phi) is 5.43. The summed E-state index contributed by atoms with van der Waals surface area (Å²) in [6, 6.07) is 1.33. The standard InChI is InChI=1S/C25H26O9/c1-9(2)16-14-6-11-5-13-15(34-4)7-12(8-26)20(28)19(13)22(30)18(11)24(32)25(14,33)23(31)17(10(3)27)21(16)29/h7-9,11,14,16,28,30-31,33H,5-6H2,1-4H3/t11-,14-,16-,25+/m0/s1. The van der Waals surface area contributed by atoms with Gasteiger partial charge in [-0.3, -0.25) is 19.2 Å². The normalized spacial score (nSPS) is 28.5. The third kappa shape index (κ3) is 2.89. The van der Waals surface area contributed by atoms with Crippen molar-refractivity contribution in [1.29, 1.82) is 0 Å². The van der Waals surface area contributed by atoms with E-state index in [1.165, 1.54) is 13.2 Å². The Balaban J connectivity index is 2.01. The average molecular weight is 470 g/mol. The molecule has 0 amide bonds. The summed E-state index contributed by atoms with van der Waals surface area (Å²) in [5.41, 5.74) is -3.39. The van der Waals surface area contributed by atoms with Crippen LogP contribution >= 0.6 is 0 Å². The molecule has 1 fully saturated rings. The van der Waals surface area contributed by atoms with Crippen LogP contribution < -0.4 is 4.74 Å². The predicted octanol–water partition coefficient (Wildman–Crippen LogP) is 2.23. The van der Waals surface area contributed by atoms with Gasteiger partial charge in [-0.05, 0) is 37.7 Å². The highest BCUT2D eigenvalue weighted by Crippen LogP contribution is 2.55. The number of phenolic OH excluding ortho intramolecular Hbond substituents is 1. The monoisotopic (exact) mass is 470 g/mol. The molecule has 4 N–H and O–H groups in total. The number of methoxy groups -OCH3 is 1. The molecule has 0 spiro atoms. The van der Waals surface area contributed by atoms with Crippen LogP contribution in [0.15, 0.2) is 23.0 Å². The molecule has 3 aliphatic rings. The number of rotatable bonds is 4. The van der Waals surface area contributed by atoms with Crippen LogP contribution in [0.5, 0.6) is 11.5 Å². The summed E-state index contributed by atoms with van der Waals surface area (Å²) in [4.78, 5) is 50.5. The number of aliphatic hydroxyl groups excluding tert-OH is 2. The van der Waals surface area contributed by atoms with E-state index >= 15 is 0 Å². The van der Waals surface area contributed by atoms with Crippen LogP contribution in [0.4, 0.5) is 0 Å². The number of aliphatic hydroxyl groups is 3. The number of ketones is 3. The fourth-order valence-electron chi connectivity index (χ4n) is 5.91. The molecule has 9 heteroatoms. The summed E-state index contributed by atoms with van der Waals surface area (Å²) < 4.78 is 5.35. The van der Waals surface area contributed by atoms with Crippen molar-refractivity contribution in [3.05, 3.63) is 39.7 Å². The van der Waals surface area contributed by atoms with Crippen molar-refractivity contribution >= 4 is 29.4 Å². The molecule has 0 radical (unpaired) electrons. The molecule has 0 aromatic heterocycles. The van der Waals surface area contributed by atoms with Crippen molar-refractivity contribution < 1.29 is 44.3 Å². The van der Waals surface area contributed by atoms with Gasteiger partial charge in [0.25, 0.3) is 0 Å². The first-order valence-corrected chi connectivity index (χ1v) is 11.0. The molecule has 3 aliphatic carbocycles. The molecule has 9 nitrogen and oxygen atoms in total. The van der Waals surface area contributed by atoms with Crippen LogP contribution in [-0.4, -0.2) is 56.8 Å². The lowest BCUT2D eigenvalue weighted by atomic mass is 9.54. The molecular formula is C25H26O9. The molecular weight excluding hydrogens is 444 g/mol. The lowest BCUT2D eigenvalue weighted by Gasteiger charge is -2.50. The van der Waals surface area contributed by atoms with Crippen LogP contribution in [0.25, 0.3) is 5.76 Å². The smallest absolute Gasteiger partial charge is 0.202 e. The van der Waals surface area contributed by atoms with Crippen molar-refractivity contribution in [3.63, 3.8) is 0 Å². The Labute approximate surface area is 195 Å². The van der Waals surface area contributed by atoms with Gasteiger partial charge in [-0.2, -0.15) is 0 Å². The first-order valence-electron chi connectivity index (χ1n) is 11.0. The first-order chi connectivity index (χ1) is 15.9. The van der Waals surface area contributed by atoms with Gasteiger partial charge >= 0.3 is 0 Å². The number of aromatic hydroxyl groups is 1. The maximum atomic E-state index is 13.7. The molecule has 0 bridgehead atoms. The third-order valence-electron chi connectivity index (χ3n) is 7.41. The van der Waals surface area contributed by atoms with Crippen LogP contribution in [0.2, 0.25) is 0 Å². The van der Waals surface area contributed by atoms with Gasteiger partial charge in [-0.25, -0.2) is 0 Å². The number of aldehydes is 1. The number of hydrogen-bond acceptors (Lipinski definition) is 9. The number of carbonyl (C=O) groups excluding carboxylic acids is 4. The van der Waals surface area contributed by atoms with E-state index in [1.807, 2.05) is 0 Å². The summed E-state index contributed by atoms with van der Waals surface area (Å²) in [6.45, 7) is 4.53. The van der Waals surface area contributed by atoms with E-state index in [2.05, 4.69) is 0 Å². The number of benzene rings is 1. The molecule has 1 aromatic carbocycles. The SMILES string of the molecule is COc1cc(C=O)c(O)c2c1C[C@H]1C[C@H]3[C@H](C(C)C)C(=O)C(C(C)=O)=C(O)[C@@]3(O)C(=O)C1=C2O. The molecule has 0 unspecified atom stereocenters. The molecule has 180 valence electrons. The number of carbonyl (C=O) groups is 4. The number of hydrogen-bond donors (Lipinski definition) is 4. The van der Waals surface area contributed by atoms with Gasteiger partial charge in [0, 0.05) is 23.0 Å². The highest BCUT2D eigenvalue weighted by molar-refractivity contribution is 6.24. The summed E-state index contributed by atoms with van der Waals surface area (Å²) in [5, 5.41) is 44.2. The Morgan fingerprint density at radius 1 is 1.24 bits per heavy atom. The highest BCUT2D eigenvalue weighted by Gasteiger charge is 2.63. The molecule has 1 saturated carbocycles. The fourth-order valence-corrected chi connectivity index (χ4v) is 5.91. The van der Waals surface area contributed by atoms with Crippen molar-refractivity contribution in [1.82, 2.24) is 0 Å².